The van der Waals surface area contributed by atoms with Crippen molar-refractivity contribution < 1.29 is 9.18 Å². The number of benzene rings is 1. The average Bonchev–Trinajstić information content (AvgIpc) is 2.86. The third-order valence-corrected chi connectivity index (χ3v) is 6.55. The van der Waals surface area contributed by atoms with E-state index in [1.165, 1.54) is 55.9 Å². The lowest BCUT2D eigenvalue weighted by Crippen LogP contribution is -2.30. The molecule has 1 N–H and O–H groups in total. The number of aromatic nitrogens is 4. The summed E-state index contributed by atoms with van der Waals surface area (Å²) in [6, 6.07) is 6.19. The topological polar surface area (TPSA) is 89.8 Å². The first-order valence-electron chi connectivity index (χ1n) is 12.0. The number of carbonyl (C=O) groups is 1. The summed E-state index contributed by atoms with van der Waals surface area (Å²) in [5.41, 5.74) is 1.81. The van der Waals surface area contributed by atoms with E-state index in [-0.39, 0.29) is 23.8 Å². The lowest BCUT2D eigenvalue weighted by atomic mass is 10.1. The van der Waals surface area contributed by atoms with Crippen molar-refractivity contribution in [1.82, 2.24) is 24.8 Å². The molecule has 0 radical (unpaired) electrons. The number of hydrogen-bond donors (Lipinski definition) is 1. The van der Waals surface area contributed by atoms with E-state index in [2.05, 4.69) is 27.2 Å². The smallest absolute Gasteiger partial charge is 0.277 e. The maximum atomic E-state index is 13.2. The molecule has 2 aromatic heterocycles. The van der Waals surface area contributed by atoms with Gasteiger partial charge in [-0.1, -0.05) is 62.9 Å². The van der Waals surface area contributed by atoms with Crippen molar-refractivity contribution in [1.29, 1.82) is 0 Å². The normalized spacial score (nSPS) is 10.9. The Morgan fingerprint density at radius 2 is 1.74 bits per heavy atom. The van der Waals surface area contributed by atoms with Gasteiger partial charge in [-0.25, -0.2) is 14.4 Å². The maximum Gasteiger partial charge on any atom is 0.277 e. The summed E-state index contributed by atoms with van der Waals surface area (Å²) in [7, 11) is 0. The molecule has 35 heavy (non-hydrogen) atoms. The van der Waals surface area contributed by atoms with Crippen LogP contribution in [0.15, 0.2) is 59.1 Å². The SMILES string of the molecule is CCCCCCCCNC(=O)Cn1cc(Cc2cncnc2)c(=O)nc1SCc1ccc(F)cc1. The van der Waals surface area contributed by atoms with Gasteiger partial charge in [-0.05, 0) is 29.7 Å². The van der Waals surface area contributed by atoms with Gasteiger partial charge in [0.25, 0.3) is 5.56 Å². The molecule has 1 aromatic carbocycles. The van der Waals surface area contributed by atoms with Gasteiger partial charge < -0.3 is 9.88 Å². The van der Waals surface area contributed by atoms with Gasteiger partial charge in [0.05, 0.1) is 0 Å². The number of unbranched alkanes of at least 4 members (excludes halogenated alkanes) is 5. The van der Waals surface area contributed by atoms with E-state index >= 15 is 0 Å². The highest BCUT2D eigenvalue weighted by molar-refractivity contribution is 7.98. The molecule has 0 atom stereocenters. The number of amides is 1. The fourth-order valence-corrected chi connectivity index (χ4v) is 4.50. The lowest BCUT2D eigenvalue weighted by molar-refractivity contribution is -0.121. The Morgan fingerprint density at radius 3 is 2.49 bits per heavy atom. The molecule has 0 saturated heterocycles. The fourth-order valence-electron chi connectivity index (χ4n) is 3.58. The molecule has 0 fully saturated rings. The molecule has 0 saturated carbocycles. The van der Waals surface area contributed by atoms with Crippen LogP contribution in [0.2, 0.25) is 0 Å². The van der Waals surface area contributed by atoms with Gasteiger partial charge in [0.1, 0.15) is 18.7 Å². The minimum absolute atomic E-state index is 0.0627. The van der Waals surface area contributed by atoms with Crippen molar-refractivity contribution in [3.05, 3.63) is 82.0 Å². The molecule has 7 nitrogen and oxygen atoms in total. The Balaban J connectivity index is 1.68. The molecule has 0 spiro atoms. The summed E-state index contributed by atoms with van der Waals surface area (Å²) in [5, 5.41) is 3.42. The van der Waals surface area contributed by atoms with Crippen LogP contribution in [-0.4, -0.2) is 32.0 Å². The second-order valence-electron chi connectivity index (χ2n) is 8.44. The summed E-state index contributed by atoms with van der Waals surface area (Å²) in [4.78, 5) is 37.7. The Kier molecular flexibility index (Phi) is 10.9. The van der Waals surface area contributed by atoms with Gasteiger partial charge in [0.2, 0.25) is 5.91 Å². The van der Waals surface area contributed by atoms with Crippen molar-refractivity contribution in [2.75, 3.05) is 6.54 Å². The first kappa shape index (κ1) is 26.5. The van der Waals surface area contributed by atoms with E-state index in [0.717, 1.165) is 24.0 Å². The summed E-state index contributed by atoms with van der Waals surface area (Å²) >= 11 is 1.34. The lowest BCUT2D eigenvalue weighted by Gasteiger charge is -2.14. The molecular weight excluding hydrogens is 465 g/mol. The number of halogens is 1. The number of nitrogens with one attached hydrogen (secondary N) is 1. The van der Waals surface area contributed by atoms with Crippen LogP contribution in [0.5, 0.6) is 0 Å². The summed E-state index contributed by atoms with van der Waals surface area (Å²) in [5.74, 6) is 0.0736. The number of hydrogen-bond acceptors (Lipinski definition) is 6. The van der Waals surface area contributed by atoms with Crippen molar-refractivity contribution >= 4 is 17.7 Å². The Morgan fingerprint density at radius 1 is 1.03 bits per heavy atom. The predicted molar refractivity (Wildman–Crippen MR) is 136 cm³/mol. The number of rotatable bonds is 14. The molecule has 0 bridgehead atoms. The van der Waals surface area contributed by atoms with E-state index in [0.29, 0.717) is 29.4 Å². The highest BCUT2D eigenvalue weighted by atomic mass is 32.2. The van der Waals surface area contributed by atoms with E-state index in [4.69, 9.17) is 0 Å². The van der Waals surface area contributed by atoms with Gasteiger partial charge >= 0.3 is 0 Å². The van der Waals surface area contributed by atoms with Crippen LogP contribution in [-0.2, 0) is 23.5 Å². The minimum Gasteiger partial charge on any atom is -0.355 e. The molecular formula is C26H32FN5O2S. The Labute approximate surface area is 209 Å². The second kappa shape index (κ2) is 14.4. The molecule has 0 aliphatic heterocycles. The molecule has 0 aliphatic carbocycles. The highest BCUT2D eigenvalue weighted by Gasteiger charge is 2.13. The van der Waals surface area contributed by atoms with Gasteiger partial charge in [0.15, 0.2) is 5.16 Å². The molecule has 1 amide bonds. The fraction of sp³-hybridized carbons (Fsp3) is 0.423. The average molecular weight is 498 g/mol. The first-order chi connectivity index (χ1) is 17.0. The van der Waals surface area contributed by atoms with Crippen LogP contribution in [0.3, 0.4) is 0 Å². The van der Waals surface area contributed by atoms with Gasteiger partial charge in [-0.3, -0.25) is 9.59 Å². The number of carbonyl (C=O) groups excluding carboxylic acids is 1. The maximum absolute atomic E-state index is 13.2. The van der Waals surface area contributed by atoms with Crippen LogP contribution >= 0.6 is 11.8 Å². The predicted octanol–water partition coefficient (Wildman–Crippen LogP) is 4.53. The number of nitrogens with zero attached hydrogens (tertiary/aromatic N) is 4. The third kappa shape index (κ3) is 9.24. The minimum atomic E-state index is -0.348. The quantitative estimate of drug-likeness (QED) is 0.200. The van der Waals surface area contributed by atoms with Crippen LogP contribution in [0.4, 0.5) is 4.39 Å². The third-order valence-electron chi connectivity index (χ3n) is 5.49. The van der Waals surface area contributed by atoms with Gasteiger partial charge in [-0.15, -0.1) is 0 Å². The van der Waals surface area contributed by atoms with Crippen LogP contribution < -0.4 is 10.9 Å². The van der Waals surface area contributed by atoms with E-state index < -0.39 is 0 Å². The van der Waals surface area contributed by atoms with Crippen molar-refractivity contribution in [2.24, 2.45) is 0 Å². The first-order valence-corrected chi connectivity index (χ1v) is 13.0. The summed E-state index contributed by atoms with van der Waals surface area (Å²) in [6.45, 7) is 2.88. The zero-order valence-corrected chi connectivity index (χ0v) is 20.9. The molecule has 3 rings (SSSR count). The van der Waals surface area contributed by atoms with E-state index in [1.807, 2.05) is 0 Å². The molecule has 186 valence electrons. The molecule has 3 aromatic rings. The van der Waals surface area contributed by atoms with Gasteiger partial charge in [-0.2, -0.15) is 4.98 Å². The molecule has 0 unspecified atom stereocenters. The standard InChI is InChI=1S/C26H32FN5O2S/c1-2-3-4-5-6-7-12-30-24(33)17-32-16-22(13-21-14-28-19-29-15-21)25(34)31-26(32)35-18-20-8-10-23(27)11-9-20/h8-11,14-16,19H,2-7,12-13,17-18H2,1H3,(H,30,33). The Hall–Kier alpha value is -3.07. The zero-order chi connectivity index (χ0) is 24.9. The van der Waals surface area contributed by atoms with Crippen molar-refractivity contribution in [3.8, 4) is 0 Å². The van der Waals surface area contributed by atoms with E-state index in [9.17, 15) is 14.0 Å². The largest absolute Gasteiger partial charge is 0.355 e. The number of thioether (sulfide) groups is 1. The monoisotopic (exact) mass is 497 g/mol. The summed E-state index contributed by atoms with van der Waals surface area (Å²) in [6.07, 6.45) is 13.7. The molecule has 2 heterocycles. The van der Waals surface area contributed by atoms with Crippen molar-refractivity contribution in [3.63, 3.8) is 0 Å². The van der Waals surface area contributed by atoms with E-state index in [1.54, 1.807) is 35.3 Å². The van der Waals surface area contributed by atoms with Crippen LogP contribution in [0, 0.1) is 5.82 Å². The van der Waals surface area contributed by atoms with Crippen molar-refractivity contribution in [2.45, 2.75) is 69.3 Å². The van der Waals surface area contributed by atoms with Gasteiger partial charge in [0, 0.05) is 42.9 Å². The highest BCUT2D eigenvalue weighted by Crippen LogP contribution is 2.21. The molecule has 9 heteroatoms. The summed E-state index contributed by atoms with van der Waals surface area (Å²) < 4.78 is 14.9. The zero-order valence-electron chi connectivity index (χ0n) is 20.1. The second-order valence-corrected chi connectivity index (χ2v) is 9.38. The van der Waals surface area contributed by atoms with Crippen LogP contribution in [0.25, 0.3) is 0 Å². The Bertz CT molecular complexity index is 1120. The van der Waals surface area contributed by atoms with Crippen LogP contribution in [0.1, 0.15) is 62.1 Å². The molecule has 0 aliphatic rings.